The summed E-state index contributed by atoms with van der Waals surface area (Å²) in [5.41, 5.74) is 4.26. The van der Waals surface area contributed by atoms with Crippen LogP contribution in [0.15, 0.2) is 41.6 Å². The van der Waals surface area contributed by atoms with Crippen LogP contribution in [0.1, 0.15) is 46.2 Å². The van der Waals surface area contributed by atoms with Crippen molar-refractivity contribution in [2.45, 2.75) is 46.2 Å². The monoisotopic (exact) mass is 296 g/mol. The van der Waals surface area contributed by atoms with Crippen LogP contribution in [0.3, 0.4) is 0 Å². The zero-order chi connectivity index (χ0) is 16.2. The fourth-order valence-electron chi connectivity index (χ4n) is 3.52. The van der Waals surface area contributed by atoms with Gasteiger partial charge in [0.05, 0.1) is 6.04 Å². The molecule has 2 aromatic rings. The summed E-state index contributed by atoms with van der Waals surface area (Å²) in [6.07, 6.45) is 2.17. The van der Waals surface area contributed by atoms with Crippen molar-refractivity contribution in [3.05, 3.63) is 47.2 Å². The number of amides is 1. The lowest BCUT2D eigenvalue weighted by Gasteiger charge is -2.38. The number of rotatable bonds is 1. The summed E-state index contributed by atoms with van der Waals surface area (Å²) in [6.45, 7) is 10.4. The van der Waals surface area contributed by atoms with E-state index >= 15 is 0 Å². The number of benzene rings is 1. The predicted octanol–water partition coefficient (Wildman–Crippen LogP) is 4.20. The quantitative estimate of drug-likeness (QED) is 0.774. The smallest absolute Gasteiger partial charge is 0.250 e. The Hall–Kier alpha value is -2.03. The van der Waals surface area contributed by atoms with Gasteiger partial charge >= 0.3 is 0 Å². The summed E-state index contributed by atoms with van der Waals surface area (Å²) in [5.74, 6) is 0.155. The predicted molar refractivity (Wildman–Crippen MR) is 90.6 cm³/mol. The van der Waals surface area contributed by atoms with E-state index in [2.05, 4.69) is 69.8 Å². The zero-order valence-corrected chi connectivity index (χ0v) is 14.3. The zero-order valence-electron chi connectivity index (χ0n) is 14.3. The standard InChI is InChI=1S/C19H24N2O/c1-12-13(2)18(22)21(19(3,4)5)17(12)15-11-20(6)16-10-8-7-9-14(15)16/h7-11,17H,1-6H3/t17-/m1/s1. The van der Waals surface area contributed by atoms with Gasteiger partial charge in [0, 0.05) is 40.8 Å². The topological polar surface area (TPSA) is 25.2 Å². The highest BCUT2D eigenvalue weighted by Gasteiger charge is 2.42. The largest absolute Gasteiger partial charge is 0.350 e. The molecule has 3 nitrogen and oxygen atoms in total. The molecule has 1 atom stereocenters. The molecule has 3 rings (SSSR count). The van der Waals surface area contributed by atoms with Crippen LogP contribution in [-0.4, -0.2) is 20.9 Å². The van der Waals surface area contributed by atoms with Crippen LogP contribution in [0.2, 0.25) is 0 Å². The SMILES string of the molecule is CC1=C(C)[C@H](c2cn(C)c3ccccc23)N(C(C)(C)C)C1=O. The number of fused-ring (bicyclic) bond motifs is 1. The maximum absolute atomic E-state index is 12.8. The molecule has 0 fully saturated rings. The molecular formula is C19H24N2O. The second-order valence-electron chi connectivity index (χ2n) is 7.27. The maximum Gasteiger partial charge on any atom is 0.250 e. The first-order chi connectivity index (χ1) is 10.2. The Morgan fingerprint density at radius 3 is 2.36 bits per heavy atom. The maximum atomic E-state index is 12.8. The molecule has 0 spiro atoms. The Morgan fingerprint density at radius 2 is 1.73 bits per heavy atom. The molecule has 1 aromatic heterocycles. The Balaban J connectivity index is 2.25. The molecule has 1 amide bonds. The lowest BCUT2D eigenvalue weighted by atomic mass is 9.95. The van der Waals surface area contributed by atoms with Gasteiger partial charge in [0.15, 0.2) is 0 Å². The van der Waals surface area contributed by atoms with Crippen molar-refractivity contribution < 1.29 is 4.79 Å². The van der Waals surface area contributed by atoms with Crippen molar-refractivity contribution >= 4 is 16.8 Å². The number of para-hydroxylation sites is 1. The summed E-state index contributed by atoms with van der Waals surface area (Å²) < 4.78 is 2.15. The van der Waals surface area contributed by atoms with Gasteiger partial charge in [0.1, 0.15) is 0 Å². The molecule has 3 heteroatoms. The van der Waals surface area contributed by atoms with E-state index < -0.39 is 0 Å². The van der Waals surface area contributed by atoms with E-state index in [1.54, 1.807) is 0 Å². The number of nitrogens with zero attached hydrogens (tertiary/aromatic N) is 2. The highest BCUT2D eigenvalue weighted by molar-refractivity contribution is 5.99. The van der Waals surface area contributed by atoms with E-state index in [-0.39, 0.29) is 17.5 Å². The van der Waals surface area contributed by atoms with Gasteiger partial charge in [-0.3, -0.25) is 4.79 Å². The van der Waals surface area contributed by atoms with Gasteiger partial charge in [-0.05, 0) is 46.3 Å². The fourth-order valence-corrected chi connectivity index (χ4v) is 3.52. The van der Waals surface area contributed by atoms with Gasteiger partial charge < -0.3 is 9.47 Å². The minimum atomic E-state index is -0.211. The summed E-state index contributed by atoms with van der Waals surface area (Å²) in [6, 6.07) is 8.43. The highest BCUT2D eigenvalue weighted by atomic mass is 16.2. The number of aryl methyl sites for hydroxylation is 1. The molecule has 0 N–H and O–H groups in total. The van der Waals surface area contributed by atoms with Crippen LogP contribution in [0.5, 0.6) is 0 Å². The van der Waals surface area contributed by atoms with Crippen molar-refractivity contribution in [2.24, 2.45) is 7.05 Å². The normalized spacial score (nSPS) is 19.6. The summed E-state index contributed by atoms with van der Waals surface area (Å²) in [5, 5.41) is 1.23. The van der Waals surface area contributed by atoms with Crippen LogP contribution in [0.4, 0.5) is 0 Å². The first-order valence-corrected chi connectivity index (χ1v) is 7.78. The second-order valence-corrected chi connectivity index (χ2v) is 7.27. The summed E-state index contributed by atoms with van der Waals surface area (Å²) in [4.78, 5) is 14.8. The van der Waals surface area contributed by atoms with Crippen LogP contribution in [0.25, 0.3) is 10.9 Å². The highest BCUT2D eigenvalue weighted by Crippen LogP contribution is 2.44. The fraction of sp³-hybridized carbons (Fsp3) is 0.421. The molecule has 2 heterocycles. The van der Waals surface area contributed by atoms with Gasteiger partial charge in [-0.25, -0.2) is 0 Å². The van der Waals surface area contributed by atoms with E-state index in [1.165, 1.54) is 16.5 Å². The molecule has 116 valence electrons. The number of aromatic nitrogens is 1. The minimum absolute atomic E-state index is 0.0265. The lowest BCUT2D eigenvalue weighted by molar-refractivity contribution is -0.131. The van der Waals surface area contributed by atoms with Gasteiger partial charge in [-0.1, -0.05) is 18.2 Å². The number of carbonyl (C=O) groups excluding carboxylic acids is 1. The van der Waals surface area contributed by atoms with Gasteiger partial charge in [-0.15, -0.1) is 0 Å². The molecule has 0 saturated heterocycles. The van der Waals surface area contributed by atoms with E-state index in [9.17, 15) is 4.79 Å². The first kappa shape index (κ1) is 14.9. The van der Waals surface area contributed by atoms with E-state index in [0.29, 0.717) is 0 Å². The van der Waals surface area contributed by atoms with Crippen molar-refractivity contribution in [2.75, 3.05) is 0 Å². The summed E-state index contributed by atoms with van der Waals surface area (Å²) >= 11 is 0. The van der Waals surface area contributed by atoms with Crippen molar-refractivity contribution in [3.8, 4) is 0 Å². The van der Waals surface area contributed by atoms with Crippen LogP contribution in [0, 0.1) is 0 Å². The molecule has 0 saturated carbocycles. The van der Waals surface area contributed by atoms with E-state index in [0.717, 1.165) is 11.1 Å². The van der Waals surface area contributed by atoms with Gasteiger partial charge in [-0.2, -0.15) is 0 Å². The molecule has 22 heavy (non-hydrogen) atoms. The molecule has 0 radical (unpaired) electrons. The van der Waals surface area contributed by atoms with Crippen molar-refractivity contribution in [1.82, 2.24) is 9.47 Å². The average Bonchev–Trinajstić information content (AvgIpc) is 2.89. The third-order valence-electron chi connectivity index (χ3n) is 4.74. The van der Waals surface area contributed by atoms with E-state index in [4.69, 9.17) is 0 Å². The third kappa shape index (κ3) is 1.99. The van der Waals surface area contributed by atoms with E-state index in [1.807, 2.05) is 11.8 Å². The molecule has 1 aliphatic rings. The molecule has 0 unspecified atom stereocenters. The van der Waals surface area contributed by atoms with Crippen LogP contribution >= 0.6 is 0 Å². The Bertz CT molecular complexity index is 789. The number of hydrogen-bond donors (Lipinski definition) is 0. The average molecular weight is 296 g/mol. The Morgan fingerprint density at radius 1 is 1.09 bits per heavy atom. The Labute approximate surface area is 132 Å². The van der Waals surface area contributed by atoms with Gasteiger partial charge in [0.2, 0.25) is 0 Å². The second kappa shape index (κ2) is 4.73. The Kier molecular flexibility index (Phi) is 3.20. The first-order valence-electron chi connectivity index (χ1n) is 7.78. The van der Waals surface area contributed by atoms with Gasteiger partial charge in [0.25, 0.3) is 5.91 Å². The van der Waals surface area contributed by atoms with Crippen molar-refractivity contribution in [1.29, 1.82) is 0 Å². The minimum Gasteiger partial charge on any atom is -0.350 e. The molecule has 1 aliphatic heterocycles. The number of carbonyl (C=O) groups is 1. The summed E-state index contributed by atoms with van der Waals surface area (Å²) in [7, 11) is 2.07. The van der Waals surface area contributed by atoms with Crippen LogP contribution < -0.4 is 0 Å². The molecule has 0 aliphatic carbocycles. The molecular weight excluding hydrogens is 272 g/mol. The number of hydrogen-bond acceptors (Lipinski definition) is 1. The molecule has 0 bridgehead atoms. The third-order valence-corrected chi connectivity index (χ3v) is 4.74. The lowest BCUT2D eigenvalue weighted by Crippen LogP contribution is -2.44. The van der Waals surface area contributed by atoms with Crippen molar-refractivity contribution in [3.63, 3.8) is 0 Å². The molecule has 1 aromatic carbocycles. The van der Waals surface area contributed by atoms with Crippen LogP contribution in [-0.2, 0) is 11.8 Å².